The predicted octanol–water partition coefficient (Wildman–Crippen LogP) is 2.65. The molecule has 0 rings (SSSR count). The second-order valence-corrected chi connectivity index (χ2v) is 12.8. The van der Waals surface area contributed by atoms with Crippen molar-refractivity contribution < 1.29 is 37.6 Å². The maximum absolute atomic E-state index is 10.5. The lowest BCUT2D eigenvalue weighted by molar-refractivity contribution is -0.142. The molecule has 0 N–H and O–H groups in total. The molecule has 0 spiro atoms. The lowest BCUT2D eigenvalue weighted by atomic mass is 10.2. The Bertz CT molecular complexity index is 398. The van der Waals surface area contributed by atoms with Crippen LogP contribution in [0.1, 0.15) is 27.7 Å². The van der Waals surface area contributed by atoms with Crippen molar-refractivity contribution in [3.63, 3.8) is 0 Å². The van der Waals surface area contributed by atoms with Gasteiger partial charge in [0.15, 0.2) is 8.32 Å². The summed E-state index contributed by atoms with van der Waals surface area (Å²) in [6, 6.07) is 0. The summed E-state index contributed by atoms with van der Waals surface area (Å²) in [5.41, 5.74) is 0. The van der Waals surface area contributed by atoms with E-state index in [0.717, 1.165) is 0 Å². The molecule has 0 saturated carbocycles. The molecule has 0 aromatic rings. The van der Waals surface area contributed by atoms with E-state index in [9.17, 15) is 4.79 Å². The first-order valence-electron chi connectivity index (χ1n) is 10.3. The maximum Gasteiger partial charge on any atom is 0.302 e. The second kappa shape index (κ2) is 17.2. The Kier molecular flexibility index (Phi) is 16.8. The van der Waals surface area contributed by atoms with Crippen LogP contribution in [0.5, 0.6) is 0 Å². The number of esters is 1. The van der Waals surface area contributed by atoms with Crippen molar-refractivity contribution in [3.05, 3.63) is 0 Å². The van der Waals surface area contributed by atoms with Crippen molar-refractivity contribution in [1.29, 1.82) is 0 Å². The Hall–Kier alpha value is -0.553. The molecule has 0 aromatic heterocycles. The molecule has 0 unspecified atom stereocenters. The summed E-state index contributed by atoms with van der Waals surface area (Å²) in [6.07, 6.45) is 0. The number of rotatable bonds is 19. The van der Waals surface area contributed by atoms with Crippen LogP contribution in [0.4, 0.5) is 0 Å². The molecule has 0 aromatic carbocycles. The highest BCUT2D eigenvalue weighted by molar-refractivity contribution is 6.74. The monoisotopic (exact) mass is 438 g/mol. The van der Waals surface area contributed by atoms with Crippen LogP contribution in [-0.4, -0.2) is 93.6 Å². The van der Waals surface area contributed by atoms with Crippen molar-refractivity contribution in [2.45, 2.75) is 45.8 Å². The Labute approximate surface area is 177 Å². The van der Waals surface area contributed by atoms with Crippen LogP contribution < -0.4 is 0 Å². The molecule has 0 aliphatic heterocycles. The van der Waals surface area contributed by atoms with E-state index in [2.05, 4.69) is 33.9 Å². The maximum atomic E-state index is 10.5. The van der Waals surface area contributed by atoms with E-state index in [4.69, 9.17) is 32.8 Å². The highest BCUT2D eigenvalue weighted by atomic mass is 28.4. The zero-order chi connectivity index (χ0) is 22.0. The van der Waals surface area contributed by atoms with Crippen LogP contribution in [0.15, 0.2) is 0 Å². The van der Waals surface area contributed by atoms with Gasteiger partial charge in [0.1, 0.15) is 6.61 Å². The fourth-order valence-electron chi connectivity index (χ4n) is 1.80. The van der Waals surface area contributed by atoms with E-state index in [1.165, 1.54) is 6.92 Å². The summed E-state index contributed by atoms with van der Waals surface area (Å²) in [7, 11) is -1.68. The van der Waals surface area contributed by atoms with Gasteiger partial charge in [-0.3, -0.25) is 4.79 Å². The Morgan fingerprint density at radius 3 is 1.24 bits per heavy atom. The second-order valence-electron chi connectivity index (χ2n) is 8.01. The van der Waals surface area contributed by atoms with E-state index in [0.29, 0.717) is 72.7 Å². The molecule has 0 aliphatic rings. The normalized spacial score (nSPS) is 12.3. The standard InChI is InChI=1S/C20H42O8Si/c1-19(21)27-17-15-25-13-11-23-9-7-22-8-10-24-12-14-26-16-18-28-29(5,6)20(2,3)4/h7-18H2,1-6H3. The van der Waals surface area contributed by atoms with Gasteiger partial charge in [-0.2, -0.15) is 0 Å². The quantitative estimate of drug-likeness (QED) is 0.173. The van der Waals surface area contributed by atoms with Gasteiger partial charge in [0, 0.05) is 6.92 Å². The molecule has 0 aliphatic carbocycles. The Balaban J connectivity index is 3.20. The van der Waals surface area contributed by atoms with Gasteiger partial charge >= 0.3 is 5.97 Å². The topological polar surface area (TPSA) is 81.7 Å². The minimum Gasteiger partial charge on any atom is -0.463 e. The first-order chi connectivity index (χ1) is 13.7. The summed E-state index contributed by atoms with van der Waals surface area (Å²) in [5.74, 6) is -0.301. The number of carbonyl (C=O) groups excluding carboxylic acids is 1. The van der Waals surface area contributed by atoms with E-state index in [1.54, 1.807) is 0 Å². The smallest absolute Gasteiger partial charge is 0.302 e. The molecule has 0 amide bonds. The largest absolute Gasteiger partial charge is 0.463 e. The van der Waals surface area contributed by atoms with Crippen LogP contribution in [0.2, 0.25) is 18.1 Å². The van der Waals surface area contributed by atoms with Gasteiger partial charge in [-0.15, -0.1) is 0 Å². The van der Waals surface area contributed by atoms with Crippen LogP contribution in [-0.2, 0) is 37.6 Å². The first-order valence-corrected chi connectivity index (χ1v) is 13.2. The summed E-state index contributed by atoms with van der Waals surface area (Å²) in [6.45, 7) is 18.5. The summed E-state index contributed by atoms with van der Waals surface area (Å²) >= 11 is 0. The SMILES string of the molecule is CC(=O)OCCOCCOCCOCCOCCOCCO[Si](C)(C)C(C)(C)C. The number of carbonyl (C=O) groups is 1. The van der Waals surface area contributed by atoms with Gasteiger partial charge in [-0.1, -0.05) is 20.8 Å². The number of ether oxygens (including phenoxy) is 6. The molecule has 0 fully saturated rings. The third-order valence-electron chi connectivity index (χ3n) is 4.52. The summed E-state index contributed by atoms with van der Waals surface area (Å²) < 4.78 is 37.8. The highest BCUT2D eigenvalue weighted by Gasteiger charge is 2.36. The molecular weight excluding hydrogens is 396 g/mol. The van der Waals surface area contributed by atoms with Gasteiger partial charge in [-0.05, 0) is 18.1 Å². The number of hydrogen-bond acceptors (Lipinski definition) is 8. The molecular formula is C20H42O8Si. The lowest BCUT2D eigenvalue weighted by Crippen LogP contribution is -2.41. The van der Waals surface area contributed by atoms with Crippen molar-refractivity contribution >= 4 is 14.3 Å². The van der Waals surface area contributed by atoms with Crippen molar-refractivity contribution in [2.24, 2.45) is 0 Å². The van der Waals surface area contributed by atoms with Gasteiger partial charge in [0.2, 0.25) is 0 Å². The third-order valence-corrected chi connectivity index (χ3v) is 9.06. The van der Waals surface area contributed by atoms with E-state index in [-0.39, 0.29) is 17.6 Å². The molecule has 0 heterocycles. The minimum absolute atomic E-state index is 0.224. The predicted molar refractivity (Wildman–Crippen MR) is 114 cm³/mol. The third kappa shape index (κ3) is 18.0. The van der Waals surface area contributed by atoms with Gasteiger partial charge in [-0.25, -0.2) is 0 Å². The van der Waals surface area contributed by atoms with Gasteiger partial charge in [0.05, 0.1) is 72.7 Å². The molecule has 0 saturated heterocycles. The number of hydrogen-bond donors (Lipinski definition) is 0. The van der Waals surface area contributed by atoms with E-state index < -0.39 is 8.32 Å². The average Bonchev–Trinajstić information content (AvgIpc) is 2.62. The summed E-state index contributed by atoms with van der Waals surface area (Å²) in [5, 5.41) is 0.224. The highest BCUT2D eigenvalue weighted by Crippen LogP contribution is 2.36. The lowest BCUT2D eigenvalue weighted by Gasteiger charge is -2.36. The molecule has 29 heavy (non-hydrogen) atoms. The molecule has 9 heteroatoms. The zero-order valence-electron chi connectivity index (χ0n) is 19.3. The molecule has 0 bridgehead atoms. The van der Waals surface area contributed by atoms with Crippen LogP contribution in [0.3, 0.4) is 0 Å². The molecule has 174 valence electrons. The Morgan fingerprint density at radius 2 is 0.931 bits per heavy atom. The average molecular weight is 439 g/mol. The fraction of sp³-hybridized carbons (Fsp3) is 0.950. The molecule has 8 nitrogen and oxygen atoms in total. The fourth-order valence-corrected chi connectivity index (χ4v) is 2.82. The van der Waals surface area contributed by atoms with E-state index in [1.807, 2.05) is 0 Å². The zero-order valence-corrected chi connectivity index (χ0v) is 20.3. The van der Waals surface area contributed by atoms with E-state index >= 15 is 0 Å². The van der Waals surface area contributed by atoms with Crippen molar-refractivity contribution in [2.75, 3.05) is 79.3 Å². The van der Waals surface area contributed by atoms with Gasteiger partial charge in [0.25, 0.3) is 0 Å². The van der Waals surface area contributed by atoms with Crippen molar-refractivity contribution in [1.82, 2.24) is 0 Å². The van der Waals surface area contributed by atoms with Crippen LogP contribution in [0, 0.1) is 0 Å². The molecule has 0 atom stereocenters. The summed E-state index contributed by atoms with van der Waals surface area (Å²) in [4.78, 5) is 10.5. The van der Waals surface area contributed by atoms with Gasteiger partial charge < -0.3 is 32.8 Å². The van der Waals surface area contributed by atoms with Crippen LogP contribution >= 0.6 is 0 Å². The minimum atomic E-state index is -1.68. The molecule has 0 radical (unpaired) electrons. The van der Waals surface area contributed by atoms with Crippen LogP contribution in [0.25, 0.3) is 0 Å². The first kappa shape index (κ1) is 28.4. The Morgan fingerprint density at radius 1 is 0.621 bits per heavy atom. The van der Waals surface area contributed by atoms with Crippen molar-refractivity contribution in [3.8, 4) is 0 Å².